The van der Waals surface area contributed by atoms with Crippen LogP contribution in [0.4, 0.5) is 5.82 Å². The third-order valence-corrected chi connectivity index (χ3v) is 3.97. The van der Waals surface area contributed by atoms with Crippen molar-refractivity contribution in [1.29, 1.82) is 0 Å². The van der Waals surface area contributed by atoms with Crippen LogP contribution in [0.25, 0.3) is 0 Å². The van der Waals surface area contributed by atoms with E-state index in [2.05, 4.69) is 45.7 Å². The molecule has 2 rings (SSSR count). The molecule has 94 valence electrons. The highest BCUT2D eigenvalue weighted by molar-refractivity contribution is 9.10. The van der Waals surface area contributed by atoms with E-state index in [1.807, 2.05) is 6.20 Å². The second kappa shape index (κ2) is 5.85. The number of halogens is 1. The Hall–Kier alpha value is -0.570. The second-order valence-electron chi connectivity index (χ2n) is 4.93. The van der Waals surface area contributed by atoms with E-state index in [0.717, 1.165) is 4.47 Å². The predicted octanol–water partition coefficient (Wildman–Crippen LogP) is 4.31. The molecule has 1 atom stereocenters. The summed E-state index contributed by atoms with van der Waals surface area (Å²) >= 11 is 3.49. The summed E-state index contributed by atoms with van der Waals surface area (Å²) in [5, 5.41) is 0. The smallest absolute Gasteiger partial charge is 0.131 e. The highest BCUT2D eigenvalue weighted by Gasteiger charge is 2.23. The lowest BCUT2D eigenvalue weighted by atomic mass is 9.98. The number of pyridine rings is 1. The van der Waals surface area contributed by atoms with Crippen molar-refractivity contribution in [3.8, 4) is 0 Å². The van der Waals surface area contributed by atoms with Gasteiger partial charge >= 0.3 is 0 Å². The van der Waals surface area contributed by atoms with Gasteiger partial charge in [0.05, 0.1) is 0 Å². The van der Waals surface area contributed by atoms with Crippen LogP contribution in [0, 0.1) is 6.92 Å². The van der Waals surface area contributed by atoms with E-state index in [-0.39, 0.29) is 0 Å². The Bertz CT molecular complexity index is 376. The predicted molar refractivity (Wildman–Crippen MR) is 76.6 cm³/mol. The van der Waals surface area contributed by atoms with Gasteiger partial charge in [0, 0.05) is 23.3 Å². The van der Waals surface area contributed by atoms with Gasteiger partial charge in [0.25, 0.3) is 0 Å². The van der Waals surface area contributed by atoms with E-state index >= 15 is 0 Å². The molecule has 0 bridgehead atoms. The summed E-state index contributed by atoms with van der Waals surface area (Å²) in [6, 6.07) is 2.86. The Morgan fingerprint density at radius 3 is 3.00 bits per heavy atom. The zero-order valence-corrected chi connectivity index (χ0v) is 12.3. The van der Waals surface area contributed by atoms with Crippen molar-refractivity contribution in [3.05, 3.63) is 22.3 Å². The molecule has 1 aliphatic heterocycles. The molecule has 2 heterocycles. The van der Waals surface area contributed by atoms with Gasteiger partial charge in [0.15, 0.2) is 0 Å². The standard InChI is InChI=1S/C14H21BrN2/c1-3-6-13-7-4-5-8-17(13)14-11(2)9-12(15)10-16-14/h9-10,13H,3-8H2,1-2H3. The molecule has 0 spiro atoms. The first-order valence-electron chi connectivity index (χ1n) is 6.61. The Kier molecular flexibility index (Phi) is 4.43. The maximum atomic E-state index is 4.61. The minimum Gasteiger partial charge on any atom is -0.353 e. The lowest BCUT2D eigenvalue weighted by Gasteiger charge is -2.37. The van der Waals surface area contributed by atoms with Gasteiger partial charge in [-0.1, -0.05) is 13.3 Å². The van der Waals surface area contributed by atoms with Crippen molar-refractivity contribution in [2.45, 2.75) is 52.0 Å². The molecule has 0 radical (unpaired) electrons. The van der Waals surface area contributed by atoms with Crippen molar-refractivity contribution in [3.63, 3.8) is 0 Å². The van der Waals surface area contributed by atoms with Crippen LogP contribution in [0.3, 0.4) is 0 Å². The minimum absolute atomic E-state index is 0.695. The Balaban J connectivity index is 2.23. The number of anilines is 1. The number of aryl methyl sites for hydroxylation is 1. The fourth-order valence-corrected chi connectivity index (χ4v) is 3.19. The molecule has 1 saturated heterocycles. The normalized spacial score (nSPS) is 20.6. The molecule has 1 fully saturated rings. The van der Waals surface area contributed by atoms with E-state index in [1.54, 1.807) is 0 Å². The molecular formula is C14H21BrN2. The number of rotatable bonds is 3. The highest BCUT2D eigenvalue weighted by atomic mass is 79.9. The van der Waals surface area contributed by atoms with Crippen molar-refractivity contribution >= 4 is 21.7 Å². The molecule has 1 unspecified atom stereocenters. The summed E-state index contributed by atoms with van der Waals surface area (Å²) < 4.78 is 1.07. The van der Waals surface area contributed by atoms with Crippen molar-refractivity contribution < 1.29 is 0 Å². The summed E-state index contributed by atoms with van der Waals surface area (Å²) in [5.74, 6) is 1.19. The van der Waals surface area contributed by atoms with Crippen LogP contribution in [-0.4, -0.2) is 17.6 Å². The van der Waals surface area contributed by atoms with Crippen LogP contribution in [0.5, 0.6) is 0 Å². The van der Waals surface area contributed by atoms with Gasteiger partial charge in [0.1, 0.15) is 5.82 Å². The third kappa shape index (κ3) is 3.01. The van der Waals surface area contributed by atoms with Gasteiger partial charge in [-0.3, -0.25) is 0 Å². The molecule has 1 aromatic rings. The SMILES string of the molecule is CCCC1CCCCN1c1ncc(Br)cc1C. The molecule has 17 heavy (non-hydrogen) atoms. The molecule has 1 aliphatic rings. The first-order chi connectivity index (χ1) is 8.22. The molecule has 0 aromatic carbocycles. The van der Waals surface area contributed by atoms with E-state index < -0.39 is 0 Å². The van der Waals surface area contributed by atoms with Gasteiger partial charge in [-0.15, -0.1) is 0 Å². The first-order valence-corrected chi connectivity index (χ1v) is 7.40. The van der Waals surface area contributed by atoms with Gasteiger partial charge in [-0.05, 0) is 60.2 Å². The van der Waals surface area contributed by atoms with Crippen LogP contribution in [-0.2, 0) is 0 Å². The number of nitrogens with zero attached hydrogens (tertiary/aromatic N) is 2. The summed E-state index contributed by atoms with van der Waals surface area (Å²) in [6.45, 7) is 5.60. The first kappa shape index (κ1) is 12.9. The lowest BCUT2D eigenvalue weighted by molar-refractivity contribution is 0.431. The summed E-state index contributed by atoms with van der Waals surface area (Å²) in [6.07, 6.45) is 8.47. The Labute approximate surface area is 113 Å². The molecule has 0 aliphatic carbocycles. The zero-order valence-electron chi connectivity index (χ0n) is 10.7. The maximum Gasteiger partial charge on any atom is 0.131 e. The fraction of sp³-hybridized carbons (Fsp3) is 0.643. The average Bonchev–Trinajstić information content (AvgIpc) is 2.31. The van der Waals surface area contributed by atoms with E-state index in [0.29, 0.717) is 6.04 Å². The Morgan fingerprint density at radius 2 is 2.29 bits per heavy atom. The molecule has 0 N–H and O–H groups in total. The summed E-state index contributed by atoms with van der Waals surface area (Å²) in [4.78, 5) is 7.14. The number of piperidine rings is 1. The summed E-state index contributed by atoms with van der Waals surface area (Å²) in [7, 11) is 0. The van der Waals surface area contributed by atoms with Gasteiger partial charge in [-0.2, -0.15) is 0 Å². The van der Waals surface area contributed by atoms with Crippen molar-refractivity contribution in [1.82, 2.24) is 4.98 Å². The molecular weight excluding hydrogens is 276 g/mol. The van der Waals surface area contributed by atoms with Gasteiger partial charge < -0.3 is 4.90 Å². The van der Waals surface area contributed by atoms with Gasteiger partial charge in [-0.25, -0.2) is 4.98 Å². The van der Waals surface area contributed by atoms with Crippen LogP contribution in [0.2, 0.25) is 0 Å². The molecule has 3 heteroatoms. The molecule has 2 nitrogen and oxygen atoms in total. The third-order valence-electron chi connectivity index (χ3n) is 3.54. The van der Waals surface area contributed by atoms with Crippen LogP contribution < -0.4 is 4.90 Å². The number of aromatic nitrogens is 1. The minimum atomic E-state index is 0.695. The monoisotopic (exact) mass is 296 g/mol. The van der Waals surface area contributed by atoms with Crippen LogP contribution in [0.15, 0.2) is 16.7 Å². The Morgan fingerprint density at radius 1 is 1.47 bits per heavy atom. The molecule has 0 amide bonds. The van der Waals surface area contributed by atoms with Crippen LogP contribution >= 0.6 is 15.9 Å². The maximum absolute atomic E-state index is 4.61. The number of hydrogen-bond donors (Lipinski definition) is 0. The molecule has 1 aromatic heterocycles. The van der Waals surface area contributed by atoms with Crippen molar-refractivity contribution in [2.24, 2.45) is 0 Å². The van der Waals surface area contributed by atoms with Crippen LogP contribution in [0.1, 0.15) is 44.6 Å². The topological polar surface area (TPSA) is 16.1 Å². The lowest BCUT2D eigenvalue weighted by Crippen LogP contribution is -2.40. The van der Waals surface area contributed by atoms with E-state index in [1.165, 1.54) is 50.0 Å². The quantitative estimate of drug-likeness (QED) is 0.826. The highest BCUT2D eigenvalue weighted by Crippen LogP contribution is 2.29. The molecule has 0 saturated carbocycles. The fourth-order valence-electron chi connectivity index (χ4n) is 2.75. The average molecular weight is 297 g/mol. The zero-order chi connectivity index (χ0) is 12.3. The second-order valence-corrected chi connectivity index (χ2v) is 5.84. The van der Waals surface area contributed by atoms with E-state index in [9.17, 15) is 0 Å². The largest absolute Gasteiger partial charge is 0.353 e. The van der Waals surface area contributed by atoms with Crippen molar-refractivity contribution in [2.75, 3.05) is 11.4 Å². The number of hydrogen-bond acceptors (Lipinski definition) is 2. The van der Waals surface area contributed by atoms with E-state index in [4.69, 9.17) is 0 Å². The van der Waals surface area contributed by atoms with Gasteiger partial charge in [0.2, 0.25) is 0 Å². The summed E-state index contributed by atoms with van der Waals surface area (Å²) in [5.41, 5.74) is 1.28.